The van der Waals surface area contributed by atoms with Gasteiger partial charge in [-0.05, 0) is 41.5 Å². The first-order chi connectivity index (χ1) is 12.1. The van der Waals surface area contributed by atoms with Crippen LogP contribution in [0.25, 0.3) is 10.8 Å². The van der Waals surface area contributed by atoms with Gasteiger partial charge in [-0.15, -0.1) is 0 Å². The first kappa shape index (κ1) is 17.3. The third-order valence-electron chi connectivity index (χ3n) is 4.89. The van der Waals surface area contributed by atoms with Gasteiger partial charge in [0.2, 0.25) is 0 Å². The molecule has 1 saturated heterocycles. The molecule has 1 fully saturated rings. The summed E-state index contributed by atoms with van der Waals surface area (Å²) in [5.41, 5.74) is 1.37. The number of piperidine rings is 1. The van der Waals surface area contributed by atoms with E-state index in [1.54, 1.807) is 0 Å². The Morgan fingerprint density at radius 2 is 1.80 bits per heavy atom. The second-order valence-electron chi connectivity index (χ2n) is 6.56. The number of hydrogen-bond acceptors (Lipinski definition) is 2. The Labute approximate surface area is 147 Å². The second-order valence-corrected chi connectivity index (χ2v) is 6.56. The van der Waals surface area contributed by atoms with Crippen LogP contribution in [0.5, 0.6) is 0 Å². The minimum Gasteiger partial charge on any atom is -0.481 e. The van der Waals surface area contributed by atoms with E-state index >= 15 is 0 Å². The van der Waals surface area contributed by atoms with E-state index in [0.717, 1.165) is 25.9 Å². The van der Waals surface area contributed by atoms with Crippen LogP contribution >= 0.6 is 0 Å². The lowest BCUT2D eigenvalue weighted by Crippen LogP contribution is -2.44. The van der Waals surface area contributed by atoms with Crippen molar-refractivity contribution in [2.45, 2.75) is 31.6 Å². The highest BCUT2D eigenvalue weighted by molar-refractivity contribution is 5.86. The minimum atomic E-state index is -0.829. The summed E-state index contributed by atoms with van der Waals surface area (Å²) in [4.78, 5) is 24.5. The molecule has 0 spiro atoms. The fourth-order valence-electron chi connectivity index (χ4n) is 3.55. The molecule has 0 aliphatic carbocycles. The number of nitrogens with zero attached hydrogens (tertiary/aromatic N) is 1. The topological polar surface area (TPSA) is 69.6 Å². The first-order valence-corrected chi connectivity index (χ1v) is 8.87. The Morgan fingerprint density at radius 1 is 1.08 bits per heavy atom. The number of fused-ring (bicyclic) bond motifs is 1. The normalized spacial score (nSPS) is 15.3. The van der Waals surface area contributed by atoms with Crippen molar-refractivity contribution in [3.8, 4) is 0 Å². The fraction of sp³-hybridized carbons (Fsp3) is 0.400. The zero-order chi connectivity index (χ0) is 17.6. The highest BCUT2D eigenvalue weighted by atomic mass is 16.4. The van der Waals surface area contributed by atoms with Gasteiger partial charge in [-0.25, -0.2) is 4.79 Å². The van der Waals surface area contributed by atoms with Crippen LogP contribution in [0.1, 0.15) is 37.2 Å². The van der Waals surface area contributed by atoms with Gasteiger partial charge in [0.25, 0.3) is 0 Å². The number of nitrogens with one attached hydrogen (secondary N) is 1. The molecule has 2 aromatic rings. The molecule has 0 aromatic heterocycles. The molecule has 3 rings (SSSR count). The van der Waals surface area contributed by atoms with Gasteiger partial charge in [0.05, 0.1) is 0 Å². The summed E-state index contributed by atoms with van der Waals surface area (Å²) in [6.07, 6.45) is 2.46. The number of hydrogen-bond donors (Lipinski definition) is 2. The van der Waals surface area contributed by atoms with Crippen LogP contribution in [-0.4, -0.2) is 41.6 Å². The van der Waals surface area contributed by atoms with Crippen LogP contribution in [0, 0.1) is 0 Å². The van der Waals surface area contributed by atoms with Gasteiger partial charge in [-0.2, -0.15) is 0 Å². The third kappa shape index (κ3) is 4.29. The molecule has 0 radical (unpaired) electrons. The number of amides is 2. The number of likely N-dealkylation sites (tertiary alicyclic amines) is 1. The van der Waals surface area contributed by atoms with Crippen molar-refractivity contribution in [1.29, 1.82) is 0 Å². The summed E-state index contributed by atoms with van der Waals surface area (Å²) in [6, 6.07) is 14.8. The van der Waals surface area contributed by atoms with Gasteiger partial charge >= 0.3 is 12.0 Å². The Bertz CT molecular complexity index is 746. The molecule has 0 saturated carbocycles. The van der Waals surface area contributed by atoms with Crippen LogP contribution in [0.15, 0.2) is 42.5 Å². The third-order valence-corrected chi connectivity index (χ3v) is 4.89. The molecule has 1 aliphatic rings. The maximum absolute atomic E-state index is 12.2. The van der Waals surface area contributed by atoms with Crippen molar-refractivity contribution in [3.63, 3.8) is 0 Å². The molecule has 2 amide bonds. The van der Waals surface area contributed by atoms with Crippen LogP contribution in [0.2, 0.25) is 0 Å². The number of benzene rings is 2. The average molecular weight is 340 g/mol. The molecule has 5 nitrogen and oxygen atoms in total. The van der Waals surface area contributed by atoms with E-state index in [0.29, 0.717) is 18.9 Å². The molecule has 25 heavy (non-hydrogen) atoms. The molecule has 2 N–H and O–H groups in total. The van der Waals surface area contributed by atoms with Gasteiger partial charge in [0, 0.05) is 26.1 Å². The van der Waals surface area contributed by atoms with Gasteiger partial charge in [0.1, 0.15) is 0 Å². The smallest absolute Gasteiger partial charge is 0.317 e. The zero-order valence-electron chi connectivity index (χ0n) is 14.3. The summed E-state index contributed by atoms with van der Waals surface area (Å²) in [5.74, 6) is -0.354. The number of aliphatic carboxylic acids is 1. The van der Waals surface area contributed by atoms with Crippen molar-refractivity contribution in [3.05, 3.63) is 48.0 Å². The second kappa shape index (κ2) is 8.01. The van der Waals surface area contributed by atoms with E-state index in [1.165, 1.54) is 16.3 Å². The largest absolute Gasteiger partial charge is 0.481 e. The van der Waals surface area contributed by atoms with Gasteiger partial charge in [-0.3, -0.25) is 4.79 Å². The van der Waals surface area contributed by atoms with Gasteiger partial charge < -0.3 is 15.3 Å². The maximum Gasteiger partial charge on any atom is 0.317 e. The van der Waals surface area contributed by atoms with Crippen LogP contribution < -0.4 is 5.32 Å². The van der Waals surface area contributed by atoms with Crippen molar-refractivity contribution in [1.82, 2.24) is 10.2 Å². The summed E-state index contributed by atoms with van der Waals surface area (Å²) in [5, 5.41) is 14.0. The lowest BCUT2D eigenvalue weighted by atomic mass is 9.86. The number of urea groups is 1. The lowest BCUT2D eigenvalue weighted by molar-refractivity contribution is -0.137. The van der Waals surface area contributed by atoms with Crippen LogP contribution in [-0.2, 0) is 4.79 Å². The molecule has 0 unspecified atom stereocenters. The average Bonchev–Trinajstić information content (AvgIpc) is 2.64. The van der Waals surface area contributed by atoms with E-state index in [1.807, 2.05) is 4.90 Å². The Balaban J connectivity index is 1.55. The Hall–Kier alpha value is -2.56. The van der Waals surface area contributed by atoms with E-state index < -0.39 is 5.97 Å². The predicted octanol–water partition coefficient (Wildman–Crippen LogP) is 3.59. The van der Waals surface area contributed by atoms with Crippen molar-refractivity contribution in [2.75, 3.05) is 19.6 Å². The Kier molecular flexibility index (Phi) is 5.53. The van der Waals surface area contributed by atoms with Crippen molar-refractivity contribution >= 4 is 22.8 Å². The number of rotatable bonds is 5. The standard InChI is InChI=1S/C20H24N2O3/c23-19(24)9-4-12-21-20(25)22-13-10-16(11-14-22)18-8-3-6-15-5-1-2-7-17(15)18/h1-3,5-8,16H,4,9-14H2,(H,21,25)(H,23,24). The molecule has 132 valence electrons. The molecular weight excluding hydrogens is 316 g/mol. The van der Waals surface area contributed by atoms with Crippen molar-refractivity contribution in [2.24, 2.45) is 0 Å². The first-order valence-electron chi connectivity index (χ1n) is 8.87. The zero-order valence-corrected chi connectivity index (χ0v) is 14.3. The number of carbonyl (C=O) groups excluding carboxylic acids is 1. The highest BCUT2D eigenvalue weighted by Gasteiger charge is 2.24. The number of carboxylic acid groups (broad SMARTS) is 1. The Morgan fingerprint density at radius 3 is 2.56 bits per heavy atom. The SMILES string of the molecule is O=C(O)CCCNC(=O)N1CCC(c2cccc3ccccc23)CC1. The molecule has 2 aromatic carbocycles. The van der Waals surface area contributed by atoms with E-state index in [2.05, 4.69) is 47.8 Å². The van der Waals surface area contributed by atoms with Crippen LogP contribution in [0.4, 0.5) is 4.79 Å². The predicted molar refractivity (Wildman–Crippen MR) is 97.8 cm³/mol. The number of carboxylic acids is 1. The molecular formula is C20H24N2O3. The number of carbonyl (C=O) groups is 2. The van der Waals surface area contributed by atoms with Gasteiger partial charge in [-0.1, -0.05) is 42.5 Å². The summed E-state index contributed by atoms with van der Waals surface area (Å²) < 4.78 is 0. The van der Waals surface area contributed by atoms with E-state index in [9.17, 15) is 9.59 Å². The van der Waals surface area contributed by atoms with Crippen molar-refractivity contribution < 1.29 is 14.7 Å². The van der Waals surface area contributed by atoms with Crippen LogP contribution in [0.3, 0.4) is 0 Å². The van der Waals surface area contributed by atoms with Gasteiger partial charge in [0.15, 0.2) is 0 Å². The quantitative estimate of drug-likeness (QED) is 0.817. The highest BCUT2D eigenvalue weighted by Crippen LogP contribution is 2.32. The minimum absolute atomic E-state index is 0.0817. The summed E-state index contributed by atoms with van der Waals surface area (Å²) in [6.45, 7) is 1.88. The molecule has 0 bridgehead atoms. The summed E-state index contributed by atoms with van der Waals surface area (Å²) >= 11 is 0. The molecule has 5 heteroatoms. The van der Waals surface area contributed by atoms with E-state index in [-0.39, 0.29) is 12.5 Å². The summed E-state index contributed by atoms with van der Waals surface area (Å²) in [7, 11) is 0. The van der Waals surface area contributed by atoms with E-state index in [4.69, 9.17) is 5.11 Å². The molecule has 1 aliphatic heterocycles. The maximum atomic E-state index is 12.2. The lowest BCUT2D eigenvalue weighted by Gasteiger charge is -2.32. The monoisotopic (exact) mass is 340 g/mol. The fourth-order valence-corrected chi connectivity index (χ4v) is 3.55. The molecule has 1 heterocycles. The molecule has 0 atom stereocenters.